The van der Waals surface area contributed by atoms with Gasteiger partial charge in [0.25, 0.3) is 17.7 Å². The average Bonchev–Trinajstić information content (AvgIpc) is 3.36. The number of carbonyl (C=O) groups is 3. The van der Waals surface area contributed by atoms with Gasteiger partial charge in [-0.2, -0.15) is 0 Å². The lowest BCUT2D eigenvalue weighted by Crippen LogP contribution is -2.36. The van der Waals surface area contributed by atoms with Gasteiger partial charge < -0.3 is 15.0 Å². The fourth-order valence-corrected chi connectivity index (χ4v) is 4.19. The molecule has 4 rings (SSSR count). The van der Waals surface area contributed by atoms with Crippen LogP contribution in [0, 0.1) is 5.82 Å². The van der Waals surface area contributed by atoms with Crippen molar-refractivity contribution in [3.05, 3.63) is 70.5 Å². The maximum Gasteiger partial charge on any atom is 0.261 e. The van der Waals surface area contributed by atoms with Gasteiger partial charge in [-0.3, -0.25) is 19.3 Å². The van der Waals surface area contributed by atoms with Crippen LogP contribution in [0.25, 0.3) is 0 Å². The lowest BCUT2D eigenvalue weighted by molar-refractivity contribution is 0.0475. The molecule has 3 amide bonds. The van der Waals surface area contributed by atoms with E-state index in [9.17, 15) is 18.8 Å². The molecule has 7 nitrogen and oxygen atoms in total. The summed E-state index contributed by atoms with van der Waals surface area (Å²) in [6.07, 6.45) is 1.60. The van der Waals surface area contributed by atoms with Gasteiger partial charge in [-0.1, -0.05) is 12.1 Å². The van der Waals surface area contributed by atoms with Gasteiger partial charge in [0.05, 0.1) is 29.8 Å². The van der Waals surface area contributed by atoms with Crippen LogP contribution < -0.4 is 5.32 Å². The summed E-state index contributed by atoms with van der Waals surface area (Å²) in [7, 11) is 3.70. The molecule has 2 aliphatic rings. The number of nitrogens with one attached hydrogen (secondary N) is 1. The average molecular weight is 439 g/mol. The van der Waals surface area contributed by atoms with Gasteiger partial charge in [-0.25, -0.2) is 4.39 Å². The summed E-state index contributed by atoms with van der Waals surface area (Å²) in [6.45, 7) is 1.12. The quantitative estimate of drug-likeness (QED) is 0.671. The van der Waals surface area contributed by atoms with Gasteiger partial charge in [0.15, 0.2) is 0 Å². The second kappa shape index (κ2) is 9.18. The third kappa shape index (κ3) is 4.42. The monoisotopic (exact) mass is 439 g/mol. The Morgan fingerprint density at radius 1 is 1.19 bits per heavy atom. The molecule has 2 atom stereocenters. The van der Waals surface area contributed by atoms with E-state index in [2.05, 4.69) is 5.32 Å². The van der Waals surface area contributed by atoms with Crippen molar-refractivity contribution in [2.75, 3.05) is 33.8 Å². The number of carbonyl (C=O) groups excluding carboxylic acids is 3. The molecule has 2 aromatic rings. The van der Waals surface area contributed by atoms with E-state index in [4.69, 9.17) is 4.74 Å². The van der Waals surface area contributed by atoms with Gasteiger partial charge in [-0.15, -0.1) is 0 Å². The van der Waals surface area contributed by atoms with Crippen LogP contribution in [-0.4, -0.2) is 67.4 Å². The van der Waals surface area contributed by atoms with Crippen molar-refractivity contribution < 1.29 is 23.5 Å². The Morgan fingerprint density at radius 3 is 2.66 bits per heavy atom. The van der Waals surface area contributed by atoms with Crippen molar-refractivity contribution in [1.29, 1.82) is 0 Å². The maximum absolute atomic E-state index is 13.6. The molecule has 168 valence electrons. The Bertz CT molecular complexity index is 1050. The van der Waals surface area contributed by atoms with Crippen molar-refractivity contribution >= 4 is 17.7 Å². The second-order valence-electron chi connectivity index (χ2n) is 8.36. The summed E-state index contributed by atoms with van der Waals surface area (Å²) in [5.74, 6) is -1.46. The zero-order chi connectivity index (χ0) is 22.8. The minimum absolute atomic E-state index is 0.134. The summed E-state index contributed by atoms with van der Waals surface area (Å²) in [5, 5.41) is 2.85. The fourth-order valence-electron chi connectivity index (χ4n) is 4.19. The van der Waals surface area contributed by atoms with E-state index in [1.54, 1.807) is 12.1 Å². The Morgan fingerprint density at radius 2 is 1.97 bits per heavy atom. The number of benzene rings is 2. The molecule has 2 unspecified atom stereocenters. The predicted octanol–water partition coefficient (Wildman–Crippen LogP) is 2.63. The molecule has 0 bridgehead atoms. The molecule has 0 aliphatic carbocycles. The molecule has 1 saturated heterocycles. The van der Waals surface area contributed by atoms with Crippen molar-refractivity contribution in [1.82, 2.24) is 15.1 Å². The van der Waals surface area contributed by atoms with E-state index in [0.717, 1.165) is 18.4 Å². The minimum Gasteiger partial charge on any atom is -0.376 e. The number of hydrogen-bond acceptors (Lipinski definition) is 5. The Kier molecular flexibility index (Phi) is 6.34. The topological polar surface area (TPSA) is 79.0 Å². The van der Waals surface area contributed by atoms with Crippen molar-refractivity contribution in [2.24, 2.45) is 0 Å². The number of halogens is 1. The number of nitrogens with zero attached hydrogens (tertiary/aromatic N) is 2. The lowest BCUT2D eigenvalue weighted by Gasteiger charge is -2.25. The van der Waals surface area contributed by atoms with E-state index in [0.29, 0.717) is 17.7 Å². The maximum atomic E-state index is 13.6. The number of ether oxygens (including phenoxy) is 1. The molecular formula is C24H26FN3O4. The highest BCUT2D eigenvalue weighted by molar-refractivity contribution is 6.22. The van der Waals surface area contributed by atoms with Gasteiger partial charge in [0.2, 0.25) is 0 Å². The molecule has 1 fully saturated rings. The third-order valence-corrected chi connectivity index (χ3v) is 5.96. The van der Waals surface area contributed by atoms with E-state index in [1.807, 2.05) is 25.1 Å². The van der Waals surface area contributed by atoms with E-state index in [-0.39, 0.29) is 48.4 Å². The molecule has 8 heteroatoms. The fraction of sp³-hybridized carbons (Fsp3) is 0.375. The second-order valence-corrected chi connectivity index (χ2v) is 8.36. The minimum atomic E-state index is -0.402. The van der Waals surface area contributed by atoms with Gasteiger partial charge in [0, 0.05) is 18.7 Å². The highest BCUT2D eigenvalue weighted by Gasteiger charge is 2.38. The van der Waals surface area contributed by atoms with Gasteiger partial charge in [0.1, 0.15) is 5.82 Å². The summed E-state index contributed by atoms with van der Waals surface area (Å²) >= 11 is 0. The van der Waals surface area contributed by atoms with Crippen LogP contribution in [0.5, 0.6) is 0 Å². The smallest absolute Gasteiger partial charge is 0.261 e. The molecule has 0 saturated carbocycles. The number of hydrogen-bond donors (Lipinski definition) is 1. The molecule has 32 heavy (non-hydrogen) atoms. The highest BCUT2D eigenvalue weighted by Crippen LogP contribution is 2.26. The van der Waals surface area contributed by atoms with Crippen molar-refractivity contribution in [3.8, 4) is 0 Å². The first-order valence-electron chi connectivity index (χ1n) is 10.7. The number of amides is 3. The van der Waals surface area contributed by atoms with Crippen LogP contribution in [0.2, 0.25) is 0 Å². The number of rotatable bonds is 7. The van der Waals surface area contributed by atoms with E-state index < -0.39 is 5.91 Å². The Balaban J connectivity index is 1.46. The number of imide groups is 1. The summed E-state index contributed by atoms with van der Waals surface area (Å²) in [4.78, 5) is 41.4. The largest absolute Gasteiger partial charge is 0.376 e. The molecule has 1 N–H and O–H groups in total. The number of likely N-dealkylation sites (N-methyl/N-ethyl adjacent to an activating group) is 1. The zero-order valence-corrected chi connectivity index (χ0v) is 18.1. The number of fused-ring (bicyclic) bond motifs is 1. The lowest BCUT2D eigenvalue weighted by atomic mass is 10.0. The molecule has 0 aromatic heterocycles. The van der Waals surface area contributed by atoms with E-state index in [1.165, 1.54) is 29.2 Å². The first kappa shape index (κ1) is 22.1. The van der Waals surface area contributed by atoms with Gasteiger partial charge in [-0.05, 0) is 62.8 Å². The summed E-state index contributed by atoms with van der Waals surface area (Å²) < 4.78 is 19.2. The standard InChI is InChI=1S/C24H26FN3O4/c1-27(2)21(15-5-3-6-17(25)11-15)13-26-22(29)16-8-9-19-20(12-16)24(31)28(23(19)30)14-18-7-4-10-32-18/h3,5-6,8-9,11-12,18,21H,4,7,10,13-14H2,1-2H3,(H,26,29). The molecule has 2 aromatic carbocycles. The SMILES string of the molecule is CN(C)C(CNC(=O)c1ccc2c(c1)C(=O)N(CC1CCCO1)C2=O)c1cccc(F)c1. The van der Waals surface area contributed by atoms with E-state index >= 15 is 0 Å². The zero-order valence-electron chi connectivity index (χ0n) is 18.1. The normalized spacial score (nSPS) is 18.9. The predicted molar refractivity (Wildman–Crippen MR) is 116 cm³/mol. The Labute approximate surface area is 186 Å². The Hall–Kier alpha value is -3.10. The molecule has 2 heterocycles. The van der Waals surface area contributed by atoms with Crippen LogP contribution in [-0.2, 0) is 4.74 Å². The van der Waals surface area contributed by atoms with Crippen LogP contribution in [0.3, 0.4) is 0 Å². The van der Waals surface area contributed by atoms with Crippen molar-refractivity contribution in [2.45, 2.75) is 25.0 Å². The van der Waals surface area contributed by atoms with Gasteiger partial charge >= 0.3 is 0 Å². The first-order chi connectivity index (χ1) is 15.3. The molecular weight excluding hydrogens is 413 g/mol. The highest BCUT2D eigenvalue weighted by atomic mass is 19.1. The van der Waals surface area contributed by atoms with Crippen LogP contribution in [0.4, 0.5) is 4.39 Å². The summed E-state index contributed by atoms with van der Waals surface area (Å²) in [5.41, 5.74) is 1.57. The molecule has 0 spiro atoms. The molecule has 0 radical (unpaired) electrons. The summed E-state index contributed by atoms with van der Waals surface area (Å²) in [6, 6.07) is 10.6. The molecule has 2 aliphatic heterocycles. The third-order valence-electron chi connectivity index (χ3n) is 5.96. The van der Waals surface area contributed by atoms with Crippen molar-refractivity contribution in [3.63, 3.8) is 0 Å². The van der Waals surface area contributed by atoms with Crippen LogP contribution in [0.15, 0.2) is 42.5 Å². The van der Waals surface area contributed by atoms with Crippen LogP contribution >= 0.6 is 0 Å². The first-order valence-corrected chi connectivity index (χ1v) is 10.7. The van der Waals surface area contributed by atoms with Crippen LogP contribution in [0.1, 0.15) is 55.5 Å².